The Kier molecular flexibility index (Phi) is 4.94. The van der Waals surface area contributed by atoms with E-state index in [2.05, 4.69) is 46.0 Å². The first kappa shape index (κ1) is 17.5. The van der Waals surface area contributed by atoms with Gasteiger partial charge in [-0.1, -0.05) is 52.8 Å². The van der Waals surface area contributed by atoms with Crippen LogP contribution in [0, 0.1) is 6.92 Å². The van der Waals surface area contributed by atoms with Crippen molar-refractivity contribution in [3.8, 4) is 0 Å². The van der Waals surface area contributed by atoms with Crippen molar-refractivity contribution < 1.29 is 0 Å². The normalized spacial score (nSPS) is 15.5. The van der Waals surface area contributed by atoms with Crippen molar-refractivity contribution in [2.24, 2.45) is 0 Å². The minimum atomic E-state index is -0.196. The number of rotatable bonds is 3. The van der Waals surface area contributed by atoms with E-state index in [0.29, 0.717) is 10.4 Å². The third-order valence-corrected chi connectivity index (χ3v) is 6.08. The maximum Gasteiger partial charge on any atom is 0.281 e. The zero-order valence-corrected chi connectivity index (χ0v) is 16.2. The molecule has 0 amide bonds. The van der Waals surface area contributed by atoms with Crippen LogP contribution in [0.1, 0.15) is 11.1 Å². The lowest BCUT2D eigenvalue weighted by Gasteiger charge is -2.35. The zero-order chi connectivity index (χ0) is 18.1. The summed E-state index contributed by atoms with van der Waals surface area (Å²) in [5.41, 5.74) is 2.44. The summed E-state index contributed by atoms with van der Waals surface area (Å²) in [5.74, 6) is 0. The van der Waals surface area contributed by atoms with Crippen LogP contribution in [0.5, 0.6) is 0 Å². The molecule has 1 aromatic heterocycles. The third-order valence-electron chi connectivity index (χ3n) is 4.74. The van der Waals surface area contributed by atoms with E-state index in [1.807, 2.05) is 12.1 Å². The van der Waals surface area contributed by atoms with Gasteiger partial charge in [0.05, 0.1) is 5.39 Å². The summed E-state index contributed by atoms with van der Waals surface area (Å²) < 4.78 is 0.937. The highest BCUT2D eigenvalue weighted by Crippen LogP contribution is 2.26. The minimum Gasteiger partial charge on any atom is -0.345 e. The molecule has 1 aliphatic rings. The quantitative estimate of drug-likeness (QED) is 0.684. The largest absolute Gasteiger partial charge is 0.345 e. The molecule has 0 unspecified atom stereocenters. The second-order valence-electron chi connectivity index (χ2n) is 6.69. The summed E-state index contributed by atoms with van der Waals surface area (Å²) in [4.78, 5) is 21.3. The summed E-state index contributed by atoms with van der Waals surface area (Å²) in [5, 5.41) is 1.98. The Morgan fingerprint density at radius 2 is 1.81 bits per heavy atom. The first-order chi connectivity index (χ1) is 12.6. The fourth-order valence-electron chi connectivity index (χ4n) is 3.21. The van der Waals surface area contributed by atoms with E-state index in [1.54, 1.807) is 17.4 Å². The number of nitrogens with zero attached hydrogens (tertiary/aromatic N) is 3. The SMILES string of the molecule is Cc1ccc(CN2CCN(c3nc(=O)c4cc(Cl)ccc4s3)CC2)cc1. The molecule has 0 bridgehead atoms. The molecule has 2 aromatic carbocycles. The zero-order valence-electron chi connectivity index (χ0n) is 14.6. The topological polar surface area (TPSA) is 36.4 Å². The van der Waals surface area contributed by atoms with Crippen LogP contribution in [0.4, 0.5) is 5.13 Å². The van der Waals surface area contributed by atoms with E-state index in [1.165, 1.54) is 11.1 Å². The van der Waals surface area contributed by atoms with Crippen LogP contribution in [0.3, 0.4) is 0 Å². The van der Waals surface area contributed by atoms with E-state index in [-0.39, 0.29) is 5.56 Å². The van der Waals surface area contributed by atoms with Crippen LogP contribution in [-0.4, -0.2) is 36.1 Å². The molecule has 4 rings (SSSR count). The lowest BCUT2D eigenvalue weighted by Crippen LogP contribution is -2.46. The van der Waals surface area contributed by atoms with Crippen molar-refractivity contribution in [1.82, 2.24) is 9.88 Å². The summed E-state index contributed by atoms with van der Waals surface area (Å²) in [6.07, 6.45) is 0. The Labute approximate surface area is 161 Å². The van der Waals surface area contributed by atoms with E-state index in [9.17, 15) is 4.79 Å². The minimum absolute atomic E-state index is 0.196. The number of anilines is 1. The van der Waals surface area contributed by atoms with Crippen LogP contribution >= 0.6 is 22.9 Å². The molecule has 1 aliphatic heterocycles. The molecule has 0 radical (unpaired) electrons. The van der Waals surface area contributed by atoms with Gasteiger partial charge in [0.2, 0.25) is 0 Å². The predicted molar refractivity (Wildman–Crippen MR) is 110 cm³/mol. The van der Waals surface area contributed by atoms with Gasteiger partial charge >= 0.3 is 0 Å². The highest BCUT2D eigenvalue weighted by molar-refractivity contribution is 7.21. The smallest absolute Gasteiger partial charge is 0.281 e. The van der Waals surface area contributed by atoms with Gasteiger partial charge in [0.25, 0.3) is 5.56 Å². The molecule has 4 nitrogen and oxygen atoms in total. The number of piperazine rings is 1. The Hall–Kier alpha value is -1.95. The van der Waals surface area contributed by atoms with E-state index in [4.69, 9.17) is 11.6 Å². The van der Waals surface area contributed by atoms with Gasteiger partial charge in [0.15, 0.2) is 5.13 Å². The molecule has 0 atom stereocenters. The Balaban J connectivity index is 1.46. The standard InChI is InChI=1S/C20H20ClN3OS/c1-14-2-4-15(5-3-14)13-23-8-10-24(11-9-23)20-22-19(25)17-12-16(21)6-7-18(17)26-20/h2-7,12H,8-11,13H2,1H3. The summed E-state index contributed by atoms with van der Waals surface area (Å²) in [6.45, 7) is 6.78. The monoisotopic (exact) mass is 385 g/mol. The van der Waals surface area contributed by atoms with Crippen LogP contribution < -0.4 is 10.5 Å². The number of benzene rings is 2. The van der Waals surface area contributed by atoms with Crippen molar-refractivity contribution in [1.29, 1.82) is 0 Å². The van der Waals surface area contributed by atoms with Gasteiger partial charge in [-0.3, -0.25) is 9.69 Å². The summed E-state index contributed by atoms with van der Waals surface area (Å²) in [6, 6.07) is 14.1. The maximum absolute atomic E-state index is 12.3. The van der Waals surface area contributed by atoms with Crippen LogP contribution in [0.15, 0.2) is 47.3 Å². The first-order valence-corrected chi connectivity index (χ1v) is 9.91. The van der Waals surface area contributed by atoms with Gasteiger partial charge < -0.3 is 4.90 Å². The van der Waals surface area contributed by atoms with Crippen molar-refractivity contribution in [3.05, 3.63) is 69.0 Å². The molecule has 6 heteroatoms. The van der Waals surface area contributed by atoms with Crippen molar-refractivity contribution in [2.75, 3.05) is 31.1 Å². The lowest BCUT2D eigenvalue weighted by molar-refractivity contribution is 0.250. The number of fused-ring (bicyclic) bond motifs is 1. The Morgan fingerprint density at radius 1 is 1.08 bits per heavy atom. The van der Waals surface area contributed by atoms with Crippen LogP contribution in [0.25, 0.3) is 10.1 Å². The number of hydrogen-bond acceptors (Lipinski definition) is 5. The number of aryl methyl sites for hydroxylation is 1. The fraction of sp³-hybridized carbons (Fsp3) is 0.300. The van der Waals surface area contributed by atoms with Crippen LogP contribution in [0.2, 0.25) is 5.02 Å². The second kappa shape index (κ2) is 7.35. The summed E-state index contributed by atoms with van der Waals surface area (Å²) >= 11 is 7.55. The highest BCUT2D eigenvalue weighted by atomic mass is 35.5. The van der Waals surface area contributed by atoms with Gasteiger partial charge in [-0.15, -0.1) is 0 Å². The third kappa shape index (κ3) is 3.75. The second-order valence-corrected chi connectivity index (χ2v) is 8.14. The molecule has 0 N–H and O–H groups in total. The summed E-state index contributed by atoms with van der Waals surface area (Å²) in [7, 11) is 0. The predicted octanol–water partition coefficient (Wildman–Crippen LogP) is 3.94. The molecule has 3 aromatic rings. The molecule has 1 fully saturated rings. The first-order valence-electron chi connectivity index (χ1n) is 8.72. The Bertz CT molecular complexity index is 979. The average molecular weight is 386 g/mol. The number of halogens is 1. The number of hydrogen-bond donors (Lipinski definition) is 0. The van der Waals surface area contributed by atoms with Gasteiger partial charge in [-0.25, -0.2) is 0 Å². The van der Waals surface area contributed by atoms with E-state index in [0.717, 1.165) is 42.6 Å². The molecule has 0 saturated carbocycles. The molecule has 0 aliphatic carbocycles. The van der Waals surface area contributed by atoms with Crippen molar-refractivity contribution in [2.45, 2.75) is 13.5 Å². The van der Waals surface area contributed by atoms with Crippen LogP contribution in [-0.2, 0) is 6.54 Å². The average Bonchev–Trinajstić information content (AvgIpc) is 2.65. The molecular formula is C20H20ClN3OS. The molecule has 2 heterocycles. The lowest BCUT2D eigenvalue weighted by atomic mass is 10.1. The fourth-order valence-corrected chi connectivity index (χ4v) is 4.41. The molecule has 0 spiro atoms. The molecular weight excluding hydrogens is 366 g/mol. The van der Waals surface area contributed by atoms with E-state index >= 15 is 0 Å². The highest BCUT2D eigenvalue weighted by Gasteiger charge is 2.20. The Morgan fingerprint density at radius 3 is 2.54 bits per heavy atom. The van der Waals surface area contributed by atoms with Gasteiger partial charge in [-0.2, -0.15) is 4.98 Å². The van der Waals surface area contributed by atoms with Gasteiger partial charge in [-0.05, 0) is 30.7 Å². The van der Waals surface area contributed by atoms with E-state index < -0.39 is 0 Å². The molecule has 26 heavy (non-hydrogen) atoms. The van der Waals surface area contributed by atoms with Gasteiger partial charge in [0, 0.05) is 42.4 Å². The van der Waals surface area contributed by atoms with Crippen molar-refractivity contribution in [3.63, 3.8) is 0 Å². The van der Waals surface area contributed by atoms with Gasteiger partial charge in [0.1, 0.15) is 0 Å². The molecule has 1 saturated heterocycles. The number of aromatic nitrogens is 1. The maximum atomic E-state index is 12.3. The molecule has 134 valence electrons. The van der Waals surface area contributed by atoms with Crippen molar-refractivity contribution >= 4 is 38.2 Å².